The van der Waals surface area contributed by atoms with Crippen LogP contribution in [0.2, 0.25) is 0 Å². The molecule has 2 N–H and O–H groups in total. The Bertz CT molecular complexity index is 854. The van der Waals surface area contributed by atoms with Gasteiger partial charge in [0.2, 0.25) is 5.91 Å². The molecule has 0 aliphatic carbocycles. The van der Waals surface area contributed by atoms with Gasteiger partial charge < -0.3 is 10.6 Å². The molecule has 3 rings (SSSR count). The maximum absolute atomic E-state index is 12.8. The van der Waals surface area contributed by atoms with Crippen molar-refractivity contribution in [1.82, 2.24) is 10.6 Å². The SMILES string of the molecule is CC(=O)C(C)(NC(=O)C1CCCN1)c1ccc(C(C)C)cc1-c1ccccc1. The van der Waals surface area contributed by atoms with Crippen LogP contribution in [0.15, 0.2) is 48.5 Å². The number of ketones is 1. The van der Waals surface area contributed by atoms with E-state index in [1.807, 2.05) is 43.3 Å². The molecule has 28 heavy (non-hydrogen) atoms. The lowest BCUT2D eigenvalue weighted by Crippen LogP contribution is -2.53. The van der Waals surface area contributed by atoms with Gasteiger partial charge in [-0.3, -0.25) is 9.59 Å². The number of Topliss-reactive ketones (excluding diaryl/α,β-unsaturated/α-hetero) is 1. The molecule has 4 nitrogen and oxygen atoms in total. The summed E-state index contributed by atoms with van der Waals surface area (Å²) in [6.07, 6.45) is 1.78. The van der Waals surface area contributed by atoms with E-state index < -0.39 is 5.54 Å². The Morgan fingerprint density at radius 3 is 2.43 bits per heavy atom. The zero-order valence-corrected chi connectivity index (χ0v) is 17.2. The molecule has 1 aliphatic heterocycles. The third kappa shape index (κ3) is 4.02. The lowest BCUT2D eigenvalue weighted by molar-refractivity contribution is -0.131. The number of amides is 1. The van der Waals surface area contributed by atoms with Crippen LogP contribution in [0, 0.1) is 0 Å². The number of nitrogens with one attached hydrogen (secondary N) is 2. The Morgan fingerprint density at radius 1 is 1.14 bits per heavy atom. The Hall–Kier alpha value is -2.46. The van der Waals surface area contributed by atoms with E-state index in [0.29, 0.717) is 5.92 Å². The molecule has 1 fully saturated rings. The van der Waals surface area contributed by atoms with E-state index in [2.05, 4.69) is 36.6 Å². The summed E-state index contributed by atoms with van der Waals surface area (Å²) < 4.78 is 0. The molecule has 4 heteroatoms. The first-order valence-electron chi connectivity index (χ1n) is 10.1. The zero-order valence-electron chi connectivity index (χ0n) is 17.2. The van der Waals surface area contributed by atoms with E-state index in [9.17, 15) is 9.59 Å². The van der Waals surface area contributed by atoms with Gasteiger partial charge in [0.1, 0.15) is 5.54 Å². The molecule has 148 valence electrons. The summed E-state index contributed by atoms with van der Waals surface area (Å²) in [6.45, 7) is 8.52. The molecule has 2 aromatic carbocycles. The van der Waals surface area contributed by atoms with E-state index in [1.165, 1.54) is 5.56 Å². The number of rotatable bonds is 6. The van der Waals surface area contributed by atoms with Gasteiger partial charge in [-0.1, -0.05) is 62.4 Å². The summed E-state index contributed by atoms with van der Waals surface area (Å²) >= 11 is 0. The Morgan fingerprint density at radius 2 is 1.86 bits per heavy atom. The quantitative estimate of drug-likeness (QED) is 0.794. The first-order valence-corrected chi connectivity index (χ1v) is 10.1. The highest BCUT2D eigenvalue weighted by Crippen LogP contribution is 2.35. The van der Waals surface area contributed by atoms with Crippen molar-refractivity contribution in [1.29, 1.82) is 0 Å². The van der Waals surface area contributed by atoms with Crippen molar-refractivity contribution in [2.45, 2.75) is 58.0 Å². The normalized spacial score (nSPS) is 18.7. The summed E-state index contributed by atoms with van der Waals surface area (Å²) in [5, 5.41) is 6.28. The summed E-state index contributed by atoms with van der Waals surface area (Å²) in [6, 6.07) is 16.0. The van der Waals surface area contributed by atoms with Gasteiger partial charge >= 0.3 is 0 Å². The molecule has 2 atom stereocenters. The van der Waals surface area contributed by atoms with Crippen LogP contribution < -0.4 is 10.6 Å². The highest BCUT2D eigenvalue weighted by molar-refractivity contribution is 5.95. The number of carbonyl (C=O) groups is 2. The van der Waals surface area contributed by atoms with E-state index in [-0.39, 0.29) is 17.7 Å². The third-order valence-electron chi connectivity index (χ3n) is 5.79. The second kappa shape index (κ2) is 8.27. The number of hydrogen-bond acceptors (Lipinski definition) is 3. The van der Waals surface area contributed by atoms with Gasteiger partial charge in [-0.25, -0.2) is 0 Å². The number of benzene rings is 2. The molecule has 2 aromatic rings. The van der Waals surface area contributed by atoms with Gasteiger partial charge in [-0.15, -0.1) is 0 Å². The largest absolute Gasteiger partial charge is 0.339 e. The molecule has 0 spiro atoms. The fraction of sp³-hybridized carbons (Fsp3) is 0.417. The van der Waals surface area contributed by atoms with Crippen LogP contribution >= 0.6 is 0 Å². The minimum Gasteiger partial charge on any atom is -0.339 e. The molecular formula is C24H30N2O2. The summed E-state index contributed by atoms with van der Waals surface area (Å²) in [5.74, 6) is 0.188. The topological polar surface area (TPSA) is 58.2 Å². The minimum atomic E-state index is -1.08. The summed E-state index contributed by atoms with van der Waals surface area (Å²) in [7, 11) is 0. The fourth-order valence-electron chi connectivity index (χ4n) is 3.80. The van der Waals surface area contributed by atoms with Crippen molar-refractivity contribution in [2.24, 2.45) is 0 Å². The maximum atomic E-state index is 12.8. The van der Waals surface area contributed by atoms with Crippen LogP contribution in [0.4, 0.5) is 0 Å². The highest BCUT2D eigenvalue weighted by Gasteiger charge is 2.38. The lowest BCUT2D eigenvalue weighted by atomic mass is 9.81. The molecule has 1 amide bonds. The number of hydrogen-bond donors (Lipinski definition) is 2. The fourth-order valence-corrected chi connectivity index (χ4v) is 3.80. The van der Waals surface area contributed by atoms with Crippen molar-refractivity contribution in [3.05, 3.63) is 59.7 Å². The van der Waals surface area contributed by atoms with Gasteiger partial charge in [0.25, 0.3) is 0 Å². The average molecular weight is 379 g/mol. The third-order valence-corrected chi connectivity index (χ3v) is 5.79. The molecule has 2 unspecified atom stereocenters. The molecule has 1 aliphatic rings. The van der Waals surface area contributed by atoms with E-state index in [0.717, 1.165) is 36.1 Å². The molecule has 0 saturated carbocycles. The smallest absolute Gasteiger partial charge is 0.238 e. The van der Waals surface area contributed by atoms with Crippen molar-refractivity contribution in [3.63, 3.8) is 0 Å². The van der Waals surface area contributed by atoms with Gasteiger partial charge in [-0.05, 0) is 61.4 Å². The van der Waals surface area contributed by atoms with Crippen LogP contribution in [0.3, 0.4) is 0 Å². The van der Waals surface area contributed by atoms with Crippen molar-refractivity contribution < 1.29 is 9.59 Å². The Labute approximate surface area is 167 Å². The first-order chi connectivity index (χ1) is 13.3. The van der Waals surface area contributed by atoms with Crippen molar-refractivity contribution in [2.75, 3.05) is 6.54 Å². The van der Waals surface area contributed by atoms with Crippen molar-refractivity contribution in [3.8, 4) is 11.1 Å². The molecule has 1 heterocycles. The first kappa shape index (κ1) is 20.3. The molecule has 0 aromatic heterocycles. The molecule has 1 saturated heterocycles. The second-order valence-corrected chi connectivity index (χ2v) is 8.15. The maximum Gasteiger partial charge on any atom is 0.238 e. The second-order valence-electron chi connectivity index (χ2n) is 8.15. The Kier molecular flexibility index (Phi) is 5.99. The summed E-state index contributed by atoms with van der Waals surface area (Å²) in [5.41, 5.74) is 2.99. The van der Waals surface area contributed by atoms with Gasteiger partial charge in [0.05, 0.1) is 6.04 Å². The van der Waals surface area contributed by atoms with Crippen LogP contribution in [-0.2, 0) is 15.1 Å². The summed E-state index contributed by atoms with van der Waals surface area (Å²) in [4.78, 5) is 25.6. The average Bonchev–Trinajstić information content (AvgIpc) is 3.23. The standard InChI is InChI=1S/C24H30N2O2/c1-16(2)19-12-13-21(20(15-19)18-9-6-5-7-10-18)24(4,17(3)27)26-23(28)22-11-8-14-25-22/h5-7,9-10,12-13,15-16,22,25H,8,11,14H2,1-4H3,(H,26,28). The van der Waals surface area contributed by atoms with Crippen LogP contribution in [-0.4, -0.2) is 24.3 Å². The van der Waals surface area contributed by atoms with Crippen molar-refractivity contribution >= 4 is 11.7 Å². The zero-order chi connectivity index (χ0) is 20.3. The van der Waals surface area contributed by atoms with Gasteiger partial charge in [0, 0.05) is 0 Å². The van der Waals surface area contributed by atoms with E-state index in [1.54, 1.807) is 6.92 Å². The van der Waals surface area contributed by atoms with Gasteiger partial charge in [0.15, 0.2) is 5.78 Å². The van der Waals surface area contributed by atoms with E-state index in [4.69, 9.17) is 0 Å². The molecular weight excluding hydrogens is 348 g/mol. The highest BCUT2D eigenvalue weighted by atomic mass is 16.2. The monoisotopic (exact) mass is 378 g/mol. The van der Waals surface area contributed by atoms with Gasteiger partial charge in [-0.2, -0.15) is 0 Å². The van der Waals surface area contributed by atoms with E-state index >= 15 is 0 Å². The minimum absolute atomic E-state index is 0.0756. The Balaban J connectivity index is 2.09. The van der Waals surface area contributed by atoms with Crippen LogP contribution in [0.5, 0.6) is 0 Å². The predicted molar refractivity (Wildman–Crippen MR) is 113 cm³/mol. The molecule has 0 radical (unpaired) electrons. The van der Waals surface area contributed by atoms with Crippen LogP contribution in [0.1, 0.15) is 57.6 Å². The number of carbonyl (C=O) groups excluding carboxylic acids is 2. The van der Waals surface area contributed by atoms with Crippen LogP contribution in [0.25, 0.3) is 11.1 Å². The lowest BCUT2D eigenvalue weighted by Gasteiger charge is -2.32. The predicted octanol–water partition coefficient (Wildman–Crippen LogP) is 4.15. The molecule has 0 bridgehead atoms.